The van der Waals surface area contributed by atoms with Crippen LogP contribution in [0.4, 0.5) is 0 Å². The number of amides is 1. The van der Waals surface area contributed by atoms with Gasteiger partial charge < -0.3 is 5.32 Å². The van der Waals surface area contributed by atoms with E-state index in [4.69, 9.17) is 0 Å². The van der Waals surface area contributed by atoms with Crippen molar-refractivity contribution in [2.75, 3.05) is 7.05 Å². The average Bonchev–Trinajstić information content (AvgIpc) is 2.52. The second kappa shape index (κ2) is 5.28. The summed E-state index contributed by atoms with van der Waals surface area (Å²) in [5.41, 5.74) is 3.81. The van der Waals surface area contributed by atoms with E-state index < -0.39 is 0 Å². The summed E-state index contributed by atoms with van der Waals surface area (Å²) in [5, 5.41) is 2.59. The highest BCUT2D eigenvalue weighted by Crippen LogP contribution is 2.42. The minimum Gasteiger partial charge on any atom is -0.354 e. The average molecular weight is 281 g/mol. The number of pyridine rings is 2. The smallest absolute Gasteiger partial charge is 0.269 e. The highest BCUT2D eigenvalue weighted by atomic mass is 16.1. The van der Waals surface area contributed by atoms with E-state index in [1.54, 1.807) is 19.3 Å². The molecule has 1 amide bonds. The predicted molar refractivity (Wildman–Crippen MR) is 82.1 cm³/mol. The number of aromatic nitrogens is 2. The van der Waals surface area contributed by atoms with Crippen LogP contribution in [0.1, 0.15) is 42.4 Å². The molecule has 4 nitrogen and oxygen atoms in total. The molecule has 0 atom stereocenters. The Labute approximate surface area is 124 Å². The molecule has 2 aromatic heterocycles. The first kappa shape index (κ1) is 13.7. The highest BCUT2D eigenvalue weighted by molar-refractivity contribution is 5.93. The lowest BCUT2D eigenvalue weighted by molar-refractivity contribution is 0.0958. The molecule has 4 heteroatoms. The van der Waals surface area contributed by atoms with Gasteiger partial charge in [-0.05, 0) is 36.6 Å². The van der Waals surface area contributed by atoms with Gasteiger partial charge in [-0.3, -0.25) is 14.8 Å². The standard InChI is InChI=1S/C17H19N3O/c1-17(7-3-8-17)15-5-4-13(11-20-15)12-6-9-19-14(10-12)16(21)18-2/h4-6,9-11H,3,7-8H2,1-2H3,(H,18,21). The van der Waals surface area contributed by atoms with Crippen molar-refractivity contribution in [1.82, 2.24) is 15.3 Å². The molecular formula is C17H19N3O. The summed E-state index contributed by atoms with van der Waals surface area (Å²) in [6, 6.07) is 7.87. The maximum atomic E-state index is 11.6. The van der Waals surface area contributed by atoms with Gasteiger partial charge in [0.05, 0.1) is 0 Å². The highest BCUT2D eigenvalue weighted by Gasteiger charge is 2.34. The molecule has 1 aliphatic rings. The lowest BCUT2D eigenvalue weighted by atomic mass is 9.68. The Morgan fingerprint density at radius 2 is 2.00 bits per heavy atom. The maximum Gasteiger partial charge on any atom is 0.269 e. The van der Waals surface area contributed by atoms with E-state index in [1.165, 1.54) is 19.3 Å². The summed E-state index contributed by atoms with van der Waals surface area (Å²) in [6.45, 7) is 2.27. The van der Waals surface area contributed by atoms with Crippen molar-refractivity contribution in [3.05, 3.63) is 48.0 Å². The largest absolute Gasteiger partial charge is 0.354 e. The van der Waals surface area contributed by atoms with E-state index in [9.17, 15) is 4.79 Å². The Bertz CT molecular complexity index is 660. The van der Waals surface area contributed by atoms with Crippen LogP contribution < -0.4 is 5.32 Å². The van der Waals surface area contributed by atoms with E-state index in [0.717, 1.165) is 16.8 Å². The third kappa shape index (κ3) is 2.53. The lowest BCUT2D eigenvalue weighted by Gasteiger charge is -2.37. The van der Waals surface area contributed by atoms with E-state index >= 15 is 0 Å². The number of carbonyl (C=O) groups excluding carboxylic acids is 1. The molecule has 21 heavy (non-hydrogen) atoms. The van der Waals surface area contributed by atoms with E-state index in [-0.39, 0.29) is 11.3 Å². The summed E-state index contributed by atoms with van der Waals surface area (Å²) < 4.78 is 0. The molecule has 0 bridgehead atoms. The number of rotatable bonds is 3. The maximum absolute atomic E-state index is 11.6. The van der Waals surface area contributed by atoms with Crippen molar-refractivity contribution >= 4 is 5.91 Å². The van der Waals surface area contributed by atoms with Crippen LogP contribution in [0.3, 0.4) is 0 Å². The van der Waals surface area contributed by atoms with Gasteiger partial charge in [0.1, 0.15) is 5.69 Å². The molecule has 0 radical (unpaired) electrons. The van der Waals surface area contributed by atoms with Gasteiger partial charge in [-0.25, -0.2) is 0 Å². The van der Waals surface area contributed by atoms with Gasteiger partial charge in [-0.15, -0.1) is 0 Å². The fraction of sp³-hybridized carbons (Fsp3) is 0.353. The summed E-state index contributed by atoms with van der Waals surface area (Å²) >= 11 is 0. The SMILES string of the molecule is CNC(=O)c1cc(-c2ccc(C3(C)CCC3)nc2)ccn1. The Kier molecular flexibility index (Phi) is 3.45. The van der Waals surface area contributed by atoms with Crippen LogP contribution >= 0.6 is 0 Å². The summed E-state index contributed by atoms with van der Waals surface area (Å²) in [7, 11) is 1.60. The molecule has 0 aliphatic heterocycles. The summed E-state index contributed by atoms with van der Waals surface area (Å²) in [4.78, 5) is 20.3. The normalized spacial score (nSPS) is 16.1. The fourth-order valence-corrected chi connectivity index (χ4v) is 2.75. The molecule has 0 aromatic carbocycles. The molecule has 1 fully saturated rings. The fourth-order valence-electron chi connectivity index (χ4n) is 2.75. The zero-order chi connectivity index (χ0) is 14.9. The topological polar surface area (TPSA) is 54.9 Å². The van der Waals surface area contributed by atoms with Crippen LogP contribution in [0.25, 0.3) is 11.1 Å². The van der Waals surface area contributed by atoms with Gasteiger partial charge in [0.2, 0.25) is 0 Å². The summed E-state index contributed by atoms with van der Waals surface area (Å²) in [5.74, 6) is -0.177. The minimum absolute atomic E-state index is 0.177. The molecule has 0 spiro atoms. The van der Waals surface area contributed by atoms with E-state index in [0.29, 0.717) is 5.69 Å². The zero-order valence-corrected chi connectivity index (χ0v) is 12.4. The Hall–Kier alpha value is -2.23. The molecule has 108 valence electrons. The van der Waals surface area contributed by atoms with Crippen molar-refractivity contribution < 1.29 is 4.79 Å². The first-order valence-electron chi connectivity index (χ1n) is 7.27. The third-order valence-corrected chi connectivity index (χ3v) is 4.39. The Morgan fingerprint density at radius 3 is 2.57 bits per heavy atom. The molecule has 1 saturated carbocycles. The van der Waals surface area contributed by atoms with Crippen LogP contribution in [0.15, 0.2) is 36.7 Å². The number of hydrogen-bond acceptors (Lipinski definition) is 3. The number of hydrogen-bond donors (Lipinski definition) is 1. The Balaban J connectivity index is 1.89. The van der Waals surface area contributed by atoms with Crippen LogP contribution in [0, 0.1) is 0 Å². The molecule has 2 aromatic rings. The van der Waals surface area contributed by atoms with Gasteiger partial charge in [0.15, 0.2) is 0 Å². The zero-order valence-electron chi connectivity index (χ0n) is 12.4. The van der Waals surface area contributed by atoms with E-state index in [2.05, 4.69) is 34.3 Å². The first-order valence-corrected chi connectivity index (χ1v) is 7.27. The summed E-state index contributed by atoms with van der Waals surface area (Å²) in [6.07, 6.45) is 7.27. The minimum atomic E-state index is -0.177. The van der Waals surface area contributed by atoms with Gasteiger partial charge in [0, 0.05) is 36.1 Å². The van der Waals surface area contributed by atoms with Gasteiger partial charge in [0.25, 0.3) is 5.91 Å². The molecule has 0 unspecified atom stereocenters. The van der Waals surface area contributed by atoms with Crippen molar-refractivity contribution in [2.24, 2.45) is 0 Å². The second-order valence-electron chi connectivity index (χ2n) is 5.86. The molecular weight excluding hydrogens is 262 g/mol. The van der Waals surface area contributed by atoms with Crippen molar-refractivity contribution in [2.45, 2.75) is 31.6 Å². The first-order chi connectivity index (χ1) is 10.1. The van der Waals surface area contributed by atoms with Gasteiger partial charge >= 0.3 is 0 Å². The van der Waals surface area contributed by atoms with Crippen LogP contribution in [-0.2, 0) is 5.41 Å². The number of nitrogens with zero attached hydrogens (tertiary/aromatic N) is 2. The lowest BCUT2D eigenvalue weighted by Crippen LogP contribution is -2.31. The molecule has 1 aliphatic carbocycles. The number of nitrogens with one attached hydrogen (secondary N) is 1. The van der Waals surface area contributed by atoms with E-state index in [1.807, 2.05) is 12.3 Å². The van der Waals surface area contributed by atoms with Crippen molar-refractivity contribution in [1.29, 1.82) is 0 Å². The second-order valence-corrected chi connectivity index (χ2v) is 5.86. The van der Waals surface area contributed by atoms with Crippen LogP contribution in [0.5, 0.6) is 0 Å². The van der Waals surface area contributed by atoms with Crippen molar-refractivity contribution in [3.63, 3.8) is 0 Å². The van der Waals surface area contributed by atoms with Crippen LogP contribution in [0.2, 0.25) is 0 Å². The molecule has 2 heterocycles. The number of carbonyl (C=O) groups is 1. The monoisotopic (exact) mass is 281 g/mol. The van der Waals surface area contributed by atoms with Crippen molar-refractivity contribution in [3.8, 4) is 11.1 Å². The predicted octanol–water partition coefficient (Wildman–Crippen LogP) is 2.94. The third-order valence-electron chi connectivity index (χ3n) is 4.39. The van der Waals surface area contributed by atoms with Gasteiger partial charge in [-0.2, -0.15) is 0 Å². The molecule has 3 rings (SSSR count). The quantitative estimate of drug-likeness (QED) is 0.941. The van der Waals surface area contributed by atoms with Crippen LogP contribution in [-0.4, -0.2) is 22.9 Å². The Morgan fingerprint density at radius 1 is 1.19 bits per heavy atom. The molecule has 0 saturated heterocycles. The molecule has 1 N–H and O–H groups in total. The van der Waals surface area contributed by atoms with Gasteiger partial charge in [-0.1, -0.05) is 19.4 Å².